The van der Waals surface area contributed by atoms with Crippen molar-refractivity contribution < 1.29 is 4.79 Å². The first-order valence-electron chi connectivity index (χ1n) is 7.92. The Morgan fingerprint density at radius 3 is 2.52 bits per heavy atom. The van der Waals surface area contributed by atoms with E-state index in [9.17, 15) is 4.79 Å². The Kier molecular flexibility index (Phi) is 5.88. The van der Waals surface area contributed by atoms with Crippen LogP contribution in [0.15, 0.2) is 39.9 Å². The summed E-state index contributed by atoms with van der Waals surface area (Å²) >= 11 is 4.85. The van der Waals surface area contributed by atoms with Crippen molar-refractivity contribution in [1.29, 1.82) is 0 Å². The number of aryl methyl sites for hydroxylation is 1. The molecule has 4 nitrogen and oxygen atoms in total. The number of hydrogen-bond acceptors (Lipinski definition) is 6. The van der Waals surface area contributed by atoms with Crippen molar-refractivity contribution in [3.05, 3.63) is 57.0 Å². The van der Waals surface area contributed by atoms with E-state index in [0.29, 0.717) is 16.6 Å². The monoisotopic (exact) mass is 389 g/mol. The molecule has 0 radical (unpaired) electrons. The molecule has 0 bridgehead atoms. The molecule has 3 rings (SSSR count). The van der Waals surface area contributed by atoms with E-state index in [1.807, 2.05) is 36.6 Å². The number of thioether (sulfide) groups is 1. The molecule has 2 aromatic heterocycles. The summed E-state index contributed by atoms with van der Waals surface area (Å²) in [6, 6.07) is 7.64. The van der Waals surface area contributed by atoms with Gasteiger partial charge >= 0.3 is 0 Å². The third-order valence-corrected chi connectivity index (χ3v) is 6.15. The summed E-state index contributed by atoms with van der Waals surface area (Å²) in [5.74, 6) is 1.07. The lowest BCUT2D eigenvalue weighted by Crippen LogP contribution is -2.11. The largest absolute Gasteiger partial charge is 0.298 e. The number of thiazole rings is 2. The van der Waals surface area contributed by atoms with Crippen molar-refractivity contribution in [2.45, 2.75) is 37.3 Å². The predicted octanol–water partition coefficient (Wildman–Crippen LogP) is 5.58. The Labute approximate surface area is 159 Å². The molecule has 0 aliphatic rings. The summed E-state index contributed by atoms with van der Waals surface area (Å²) in [6.45, 7) is 6.19. The molecule has 130 valence electrons. The van der Waals surface area contributed by atoms with Crippen LogP contribution < -0.4 is 5.32 Å². The van der Waals surface area contributed by atoms with E-state index in [2.05, 4.69) is 34.5 Å². The molecule has 25 heavy (non-hydrogen) atoms. The van der Waals surface area contributed by atoms with Gasteiger partial charge in [-0.2, -0.15) is 0 Å². The van der Waals surface area contributed by atoms with Crippen LogP contribution >= 0.6 is 34.4 Å². The highest BCUT2D eigenvalue weighted by atomic mass is 32.2. The predicted molar refractivity (Wildman–Crippen MR) is 107 cm³/mol. The Hall–Kier alpha value is -1.70. The highest BCUT2D eigenvalue weighted by Crippen LogP contribution is 2.25. The summed E-state index contributed by atoms with van der Waals surface area (Å²) in [7, 11) is 0. The van der Waals surface area contributed by atoms with E-state index in [4.69, 9.17) is 0 Å². The van der Waals surface area contributed by atoms with Gasteiger partial charge in [0.25, 0.3) is 5.91 Å². The Bertz CT molecular complexity index is 853. The van der Waals surface area contributed by atoms with Crippen molar-refractivity contribution in [2.24, 2.45) is 0 Å². The Balaban J connectivity index is 1.58. The van der Waals surface area contributed by atoms with Crippen LogP contribution in [0.25, 0.3) is 0 Å². The maximum absolute atomic E-state index is 12.3. The average Bonchev–Trinajstić information content (AvgIpc) is 3.22. The molecule has 0 unspecified atom stereocenters. The molecule has 0 aliphatic heterocycles. The molecule has 0 spiro atoms. The van der Waals surface area contributed by atoms with E-state index in [0.717, 1.165) is 27.0 Å². The molecule has 0 atom stereocenters. The molecule has 7 heteroatoms. The maximum Gasteiger partial charge on any atom is 0.257 e. The first-order chi connectivity index (χ1) is 12.0. The lowest BCUT2D eigenvalue weighted by Gasteiger charge is -2.04. The summed E-state index contributed by atoms with van der Waals surface area (Å²) in [5.41, 5.74) is 2.73. The molecular weight excluding hydrogens is 370 g/mol. The van der Waals surface area contributed by atoms with Gasteiger partial charge in [-0.05, 0) is 37.1 Å². The maximum atomic E-state index is 12.3. The minimum absolute atomic E-state index is 0.128. The number of carbonyl (C=O) groups excluding carboxylic acids is 1. The first kappa shape index (κ1) is 18.1. The lowest BCUT2D eigenvalue weighted by atomic mass is 10.2. The quantitative estimate of drug-likeness (QED) is 0.560. The van der Waals surface area contributed by atoms with E-state index in [1.54, 1.807) is 23.1 Å². The third kappa shape index (κ3) is 4.90. The van der Waals surface area contributed by atoms with Gasteiger partial charge in [-0.25, -0.2) is 9.97 Å². The van der Waals surface area contributed by atoms with Crippen LogP contribution in [-0.2, 0) is 5.75 Å². The molecule has 3 aromatic rings. The van der Waals surface area contributed by atoms with E-state index < -0.39 is 0 Å². The van der Waals surface area contributed by atoms with Gasteiger partial charge in [0, 0.05) is 27.0 Å². The second-order valence-electron chi connectivity index (χ2n) is 5.86. The number of amides is 1. The van der Waals surface area contributed by atoms with Gasteiger partial charge in [0.1, 0.15) is 0 Å². The fourth-order valence-corrected chi connectivity index (χ4v) is 4.49. The molecule has 0 aliphatic carbocycles. The van der Waals surface area contributed by atoms with Gasteiger partial charge < -0.3 is 0 Å². The van der Waals surface area contributed by atoms with Crippen LogP contribution in [-0.4, -0.2) is 15.9 Å². The highest BCUT2D eigenvalue weighted by Gasteiger charge is 2.11. The van der Waals surface area contributed by atoms with E-state index >= 15 is 0 Å². The summed E-state index contributed by atoms with van der Waals surface area (Å²) in [6.07, 6.45) is 0. The molecular formula is C18H19N3OS3. The van der Waals surface area contributed by atoms with Gasteiger partial charge in [0.15, 0.2) is 5.13 Å². The molecule has 0 saturated heterocycles. The fourth-order valence-electron chi connectivity index (χ4n) is 2.11. The van der Waals surface area contributed by atoms with Crippen LogP contribution in [0, 0.1) is 6.92 Å². The molecule has 0 fully saturated rings. The van der Waals surface area contributed by atoms with Gasteiger partial charge in [0.2, 0.25) is 0 Å². The number of carbonyl (C=O) groups is 1. The molecule has 1 amide bonds. The minimum Gasteiger partial charge on any atom is -0.298 e. The van der Waals surface area contributed by atoms with Crippen molar-refractivity contribution in [3.63, 3.8) is 0 Å². The van der Waals surface area contributed by atoms with Crippen LogP contribution in [0.3, 0.4) is 0 Å². The van der Waals surface area contributed by atoms with Crippen LogP contribution in [0.2, 0.25) is 0 Å². The number of nitrogens with zero attached hydrogens (tertiary/aromatic N) is 2. The zero-order valence-electron chi connectivity index (χ0n) is 14.3. The summed E-state index contributed by atoms with van der Waals surface area (Å²) in [5, 5.41) is 8.67. The fraction of sp³-hybridized carbons (Fsp3) is 0.278. The van der Waals surface area contributed by atoms with Crippen molar-refractivity contribution in [1.82, 2.24) is 9.97 Å². The van der Waals surface area contributed by atoms with Crippen LogP contribution in [0.4, 0.5) is 5.13 Å². The van der Waals surface area contributed by atoms with Crippen LogP contribution in [0.1, 0.15) is 46.5 Å². The standard InChI is InChI=1S/C18H19N3OS3/c1-11(2)16-10-25-18(20-16)21-17(22)13-4-6-15(7-5-13)24-9-14-8-23-12(3)19-14/h4-8,10-11H,9H2,1-3H3,(H,20,21,22). The normalized spacial score (nSPS) is 11.0. The molecule has 0 saturated carbocycles. The van der Waals surface area contributed by atoms with E-state index in [1.165, 1.54) is 11.3 Å². The number of aromatic nitrogens is 2. The number of nitrogens with one attached hydrogen (secondary N) is 1. The molecule has 1 aromatic carbocycles. The van der Waals surface area contributed by atoms with Crippen LogP contribution in [0.5, 0.6) is 0 Å². The minimum atomic E-state index is -0.128. The van der Waals surface area contributed by atoms with E-state index in [-0.39, 0.29) is 5.91 Å². The topological polar surface area (TPSA) is 54.9 Å². The SMILES string of the molecule is Cc1nc(CSc2ccc(C(=O)Nc3nc(C(C)C)cs3)cc2)cs1. The lowest BCUT2D eigenvalue weighted by molar-refractivity contribution is 0.102. The second-order valence-corrected chi connectivity index (χ2v) is 8.83. The number of hydrogen-bond donors (Lipinski definition) is 1. The average molecular weight is 390 g/mol. The summed E-state index contributed by atoms with van der Waals surface area (Å²) < 4.78 is 0. The number of anilines is 1. The van der Waals surface area contributed by atoms with Crippen molar-refractivity contribution in [3.8, 4) is 0 Å². The molecule has 2 heterocycles. The van der Waals surface area contributed by atoms with Gasteiger partial charge in [-0.1, -0.05) is 13.8 Å². The summed E-state index contributed by atoms with van der Waals surface area (Å²) in [4.78, 5) is 22.3. The highest BCUT2D eigenvalue weighted by molar-refractivity contribution is 7.98. The zero-order valence-corrected chi connectivity index (χ0v) is 16.7. The Morgan fingerprint density at radius 1 is 1.16 bits per heavy atom. The molecule has 1 N–H and O–H groups in total. The Morgan fingerprint density at radius 2 is 1.92 bits per heavy atom. The van der Waals surface area contributed by atoms with Crippen molar-refractivity contribution >= 4 is 45.5 Å². The number of rotatable bonds is 6. The first-order valence-corrected chi connectivity index (χ1v) is 10.7. The second kappa shape index (κ2) is 8.12. The smallest absolute Gasteiger partial charge is 0.257 e. The third-order valence-electron chi connectivity index (χ3n) is 3.50. The van der Waals surface area contributed by atoms with Gasteiger partial charge in [0.05, 0.1) is 16.4 Å². The van der Waals surface area contributed by atoms with Crippen molar-refractivity contribution in [2.75, 3.05) is 5.32 Å². The van der Waals surface area contributed by atoms with Gasteiger partial charge in [-0.15, -0.1) is 34.4 Å². The zero-order chi connectivity index (χ0) is 17.8. The number of benzene rings is 1. The van der Waals surface area contributed by atoms with Gasteiger partial charge in [-0.3, -0.25) is 10.1 Å².